The van der Waals surface area contributed by atoms with Gasteiger partial charge in [0.15, 0.2) is 0 Å². The average molecular weight is 460 g/mol. The number of hydrogen-bond acceptors (Lipinski definition) is 3. The SMILES string of the molecule is CC1(C(=O)N2CCC3(CC2)CC(=O)NC[C@@H]3c2ccccc2)CCN(Cc2ccccc2)CC1. The summed E-state index contributed by atoms with van der Waals surface area (Å²) in [5.41, 5.74) is 2.32. The third-order valence-corrected chi connectivity index (χ3v) is 8.73. The van der Waals surface area contributed by atoms with Gasteiger partial charge in [0.25, 0.3) is 0 Å². The molecule has 0 bridgehead atoms. The number of likely N-dealkylation sites (tertiary alicyclic amines) is 2. The fraction of sp³-hybridized carbons (Fsp3) is 0.517. The normalized spacial score (nSPS) is 24.6. The maximum atomic E-state index is 13.7. The van der Waals surface area contributed by atoms with E-state index in [-0.39, 0.29) is 16.7 Å². The molecule has 0 aromatic heterocycles. The van der Waals surface area contributed by atoms with Crippen molar-refractivity contribution in [3.63, 3.8) is 0 Å². The smallest absolute Gasteiger partial charge is 0.228 e. The van der Waals surface area contributed by atoms with Crippen LogP contribution < -0.4 is 5.32 Å². The van der Waals surface area contributed by atoms with Crippen molar-refractivity contribution in [3.8, 4) is 0 Å². The summed E-state index contributed by atoms with van der Waals surface area (Å²) in [5, 5.41) is 3.09. The summed E-state index contributed by atoms with van der Waals surface area (Å²) in [6.45, 7) is 7.28. The Balaban J connectivity index is 1.21. The van der Waals surface area contributed by atoms with Crippen LogP contribution in [0, 0.1) is 10.8 Å². The Bertz CT molecular complexity index is 991. The van der Waals surface area contributed by atoms with Gasteiger partial charge in [-0.2, -0.15) is 0 Å². The Morgan fingerprint density at radius 3 is 2.18 bits per heavy atom. The molecule has 5 heteroatoms. The molecule has 34 heavy (non-hydrogen) atoms. The third-order valence-electron chi connectivity index (χ3n) is 8.73. The van der Waals surface area contributed by atoms with Crippen molar-refractivity contribution in [1.29, 1.82) is 0 Å². The number of rotatable bonds is 4. The van der Waals surface area contributed by atoms with Crippen molar-refractivity contribution >= 4 is 11.8 Å². The standard InChI is InChI=1S/C29H37N3O2/c1-28(12-16-31(17-13-28)22-23-8-4-2-5-9-23)27(34)32-18-14-29(15-19-32)20-26(33)30-21-25(29)24-10-6-3-7-11-24/h2-11,25H,12-22H2,1H3,(H,30,33)/t25-/m1/s1. The number of nitrogens with one attached hydrogen (secondary N) is 1. The van der Waals surface area contributed by atoms with Gasteiger partial charge in [-0.3, -0.25) is 14.5 Å². The summed E-state index contributed by atoms with van der Waals surface area (Å²) >= 11 is 0. The predicted octanol–water partition coefficient (Wildman–Crippen LogP) is 4.20. The second-order valence-corrected chi connectivity index (χ2v) is 10.9. The van der Waals surface area contributed by atoms with E-state index in [1.165, 1.54) is 11.1 Å². The molecule has 3 aliphatic heterocycles. The molecule has 0 radical (unpaired) electrons. The highest BCUT2D eigenvalue weighted by atomic mass is 16.2. The fourth-order valence-corrected chi connectivity index (χ4v) is 6.42. The molecule has 2 aromatic carbocycles. The van der Waals surface area contributed by atoms with Gasteiger partial charge >= 0.3 is 0 Å². The lowest BCUT2D eigenvalue weighted by molar-refractivity contribution is -0.147. The van der Waals surface area contributed by atoms with Crippen LogP contribution in [-0.4, -0.2) is 54.3 Å². The van der Waals surface area contributed by atoms with E-state index in [1.54, 1.807) is 0 Å². The first-order valence-corrected chi connectivity index (χ1v) is 12.8. The lowest BCUT2D eigenvalue weighted by Crippen LogP contribution is -2.55. The van der Waals surface area contributed by atoms with Gasteiger partial charge < -0.3 is 10.2 Å². The van der Waals surface area contributed by atoms with Crippen molar-refractivity contribution in [2.75, 3.05) is 32.7 Å². The zero-order chi connectivity index (χ0) is 23.6. The van der Waals surface area contributed by atoms with Crippen LogP contribution in [0.1, 0.15) is 56.1 Å². The van der Waals surface area contributed by atoms with E-state index in [0.717, 1.165) is 58.4 Å². The van der Waals surface area contributed by atoms with Gasteiger partial charge in [0.2, 0.25) is 11.8 Å². The highest BCUT2D eigenvalue weighted by molar-refractivity contribution is 5.83. The molecule has 1 N–H and O–H groups in total. The summed E-state index contributed by atoms with van der Waals surface area (Å²) in [5.74, 6) is 0.795. The number of benzene rings is 2. The largest absolute Gasteiger partial charge is 0.355 e. The topological polar surface area (TPSA) is 52.7 Å². The maximum absolute atomic E-state index is 13.7. The van der Waals surface area contributed by atoms with Crippen molar-refractivity contribution in [3.05, 3.63) is 71.8 Å². The van der Waals surface area contributed by atoms with Crippen LogP contribution in [0.2, 0.25) is 0 Å². The van der Waals surface area contributed by atoms with Crippen LogP contribution in [-0.2, 0) is 16.1 Å². The highest BCUT2D eigenvalue weighted by Gasteiger charge is 2.48. The van der Waals surface area contributed by atoms with Crippen LogP contribution in [0.3, 0.4) is 0 Å². The van der Waals surface area contributed by atoms with E-state index >= 15 is 0 Å². The molecule has 2 aromatic rings. The molecule has 1 atom stereocenters. The molecule has 1 spiro atoms. The lowest BCUT2D eigenvalue weighted by atomic mass is 9.62. The quantitative estimate of drug-likeness (QED) is 0.746. The number of nitrogens with zero attached hydrogens (tertiary/aromatic N) is 2. The summed E-state index contributed by atoms with van der Waals surface area (Å²) in [7, 11) is 0. The molecule has 3 fully saturated rings. The minimum Gasteiger partial charge on any atom is -0.355 e. The van der Waals surface area contributed by atoms with Crippen molar-refractivity contribution in [2.45, 2.75) is 51.5 Å². The first-order valence-electron chi connectivity index (χ1n) is 12.8. The number of hydrogen-bond donors (Lipinski definition) is 1. The Labute approximate surface area is 203 Å². The molecular formula is C29H37N3O2. The van der Waals surface area contributed by atoms with Crippen LogP contribution in [0.15, 0.2) is 60.7 Å². The average Bonchev–Trinajstić information content (AvgIpc) is 2.87. The Morgan fingerprint density at radius 1 is 0.912 bits per heavy atom. The Kier molecular flexibility index (Phi) is 6.48. The van der Waals surface area contributed by atoms with Crippen LogP contribution >= 0.6 is 0 Å². The van der Waals surface area contributed by atoms with Gasteiger partial charge in [0.1, 0.15) is 0 Å². The summed E-state index contributed by atoms with van der Waals surface area (Å²) in [6, 6.07) is 21.2. The van der Waals surface area contributed by atoms with E-state index in [1.807, 2.05) is 6.07 Å². The molecule has 2 amide bonds. The summed E-state index contributed by atoms with van der Waals surface area (Å²) < 4.78 is 0. The van der Waals surface area contributed by atoms with E-state index in [2.05, 4.69) is 76.6 Å². The third kappa shape index (κ3) is 4.63. The second kappa shape index (κ2) is 9.53. The number of piperidine rings is 3. The highest BCUT2D eigenvalue weighted by Crippen LogP contribution is 2.49. The lowest BCUT2D eigenvalue weighted by Gasteiger charge is -2.50. The van der Waals surface area contributed by atoms with Crippen LogP contribution in [0.5, 0.6) is 0 Å². The van der Waals surface area contributed by atoms with Crippen molar-refractivity contribution in [2.24, 2.45) is 10.8 Å². The Morgan fingerprint density at radius 2 is 1.53 bits per heavy atom. The number of carbonyl (C=O) groups excluding carboxylic acids is 2. The van der Waals surface area contributed by atoms with Gasteiger partial charge in [0.05, 0.1) is 0 Å². The second-order valence-electron chi connectivity index (χ2n) is 10.9. The van der Waals surface area contributed by atoms with Gasteiger partial charge in [-0.05, 0) is 55.3 Å². The molecule has 3 saturated heterocycles. The molecule has 3 heterocycles. The van der Waals surface area contributed by atoms with E-state index in [9.17, 15) is 9.59 Å². The molecule has 180 valence electrons. The van der Waals surface area contributed by atoms with Crippen LogP contribution in [0.4, 0.5) is 0 Å². The molecule has 5 rings (SSSR count). The first-order chi connectivity index (χ1) is 16.5. The molecule has 0 saturated carbocycles. The molecule has 0 unspecified atom stereocenters. The molecular weight excluding hydrogens is 422 g/mol. The van der Waals surface area contributed by atoms with Crippen molar-refractivity contribution < 1.29 is 9.59 Å². The first kappa shape index (κ1) is 23.1. The zero-order valence-corrected chi connectivity index (χ0v) is 20.3. The van der Waals surface area contributed by atoms with E-state index < -0.39 is 0 Å². The maximum Gasteiger partial charge on any atom is 0.228 e. The minimum atomic E-state index is -0.277. The van der Waals surface area contributed by atoms with Gasteiger partial charge in [0, 0.05) is 43.9 Å². The van der Waals surface area contributed by atoms with E-state index in [0.29, 0.717) is 24.8 Å². The number of carbonyl (C=O) groups is 2. The van der Waals surface area contributed by atoms with Gasteiger partial charge in [-0.15, -0.1) is 0 Å². The van der Waals surface area contributed by atoms with Gasteiger partial charge in [-0.25, -0.2) is 0 Å². The molecule has 0 aliphatic carbocycles. The Hall–Kier alpha value is -2.66. The predicted molar refractivity (Wildman–Crippen MR) is 134 cm³/mol. The van der Waals surface area contributed by atoms with E-state index in [4.69, 9.17) is 0 Å². The number of amides is 2. The molecule has 3 aliphatic rings. The van der Waals surface area contributed by atoms with Crippen LogP contribution in [0.25, 0.3) is 0 Å². The van der Waals surface area contributed by atoms with Crippen molar-refractivity contribution in [1.82, 2.24) is 15.1 Å². The monoisotopic (exact) mass is 459 g/mol. The van der Waals surface area contributed by atoms with Gasteiger partial charge in [-0.1, -0.05) is 67.6 Å². The zero-order valence-electron chi connectivity index (χ0n) is 20.3. The fourth-order valence-electron chi connectivity index (χ4n) is 6.42. The molecule has 5 nitrogen and oxygen atoms in total. The minimum absolute atomic E-state index is 0.0413. The summed E-state index contributed by atoms with van der Waals surface area (Å²) in [4.78, 5) is 30.6. The summed E-state index contributed by atoms with van der Waals surface area (Å²) in [6.07, 6.45) is 4.20.